The van der Waals surface area contributed by atoms with Crippen molar-refractivity contribution in [2.24, 2.45) is 0 Å². The predicted molar refractivity (Wildman–Crippen MR) is 97.4 cm³/mol. The molecule has 1 aromatic carbocycles. The molecule has 1 N–H and O–H groups in total. The molecule has 1 aliphatic carbocycles. The Bertz CT molecular complexity index is 715. The summed E-state index contributed by atoms with van der Waals surface area (Å²) in [5.74, 6) is 0.323. The number of β-amino-alcohol motifs (C(OH)–C–C–N with tert-alkyl or cyclic N) is 1. The zero-order chi connectivity index (χ0) is 21.9. The number of benzene rings is 1. The van der Waals surface area contributed by atoms with Gasteiger partial charge in [0.2, 0.25) is 0 Å². The van der Waals surface area contributed by atoms with Gasteiger partial charge < -0.3 is 19.3 Å². The Kier molecular flexibility index (Phi) is 4.60. The van der Waals surface area contributed by atoms with Crippen LogP contribution < -0.4 is 9.47 Å². The minimum Gasteiger partial charge on any atom is -0.493 e. The molecule has 0 spiro atoms. The molecule has 3 rings (SSSR count). The van der Waals surface area contributed by atoms with Crippen LogP contribution >= 0.6 is 0 Å². The topological polar surface area (TPSA) is 51.2 Å². The molecule has 3 atom stereocenters. The molecule has 5 heteroatoms. The summed E-state index contributed by atoms with van der Waals surface area (Å²) in [5.41, 5.74) is 0.559. The second-order valence-electron chi connectivity index (χ2n) is 6.85. The van der Waals surface area contributed by atoms with Gasteiger partial charge in [0.1, 0.15) is 0 Å². The first-order chi connectivity index (χ1) is 14.1. The number of hydrogen-bond acceptors (Lipinski definition) is 5. The molecule has 1 aromatic rings. The molecular weight excluding hydrogens is 318 g/mol. The van der Waals surface area contributed by atoms with Crippen LogP contribution in [0.4, 0.5) is 0 Å². The van der Waals surface area contributed by atoms with Crippen molar-refractivity contribution in [3.05, 3.63) is 23.8 Å². The molecule has 1 saturated heterocycles. The van der Waals surface area contributed by atoms with Crippen LogP contribution in [-0.4, -0.2) is 62.1 Å². The number of hydrogen-bond donors (Lipinski definition) is 1. The summed E-state index contributed by atoms with van der Waals surface area (Å²) in [4.78, 5) is 2.22. The standard InChI is InChI=1S/C20H31NO4/c1-23-19-8-7-15(13-20(19)24-2)10-12-25-18-6-4-3-5-17(18)21-11-9-16(22)14-21/h7-8,13,16-18,22H,3-6,9-12,14H2,1-2H3/t16-,17-,18-/m1/s1/i2D3,12D2. The van der Waals surface area contributed by atoms with Gasteiger partial charge >= 0.3 is 0 Å². The molecule has 5 nitrogen and oxygen atoms in total. The number of aliphatic hydroxyl groups excluding tert-OH is 1. The van der Waals surface area contributed by atoms with Gasteiger partial charge in [-0.1, -0.05) is 18.9 Å². The minimum atomic E-state index is -2.63. The molecule has 1 saturated carbocycles. The second kappa shape index (κ2) is 8.88. The number of rotatable bonds is 7. The number of aryl methyl sites for hydroxylation is 1. The van der Waals surface area contributed by atoms with Crippen molar-refractivity contribution in [2.45, 2.75) is 56.8 Å². The van der Waals surface area contributed by atoms with Crippen LogP contribution in [0.1, 0.15) is 44.5 Å². The fraction of sp³-hybridized carbons (Fsp3) is 0.700. The Morgan fingerprint density at radius 3 is 2.88 bits per heavy atom. The van der Waals surface area contributed by atoms with Crippen molar-refractivity contribution in [2.75, 3.05) is 33.8 Å². The van der Waals surface area contributed by atoms with Gasteiger partial charge in [0, 0.05) is 19.1 Å². The molecule has 2 fully saturated rings. The minimum absolute atomic E-state index is 0.0415. The maximum absolute atomic E-state index is 9.87. The molecule has 0 radical (unpaired) electrons. The third kappa shape index (κ3) is 4.66. The van der Waals surface area contributed by atoms with Crippen molar-refractivity contribution >= 4 is 0 Å². The highest BCUT2D eigenvalue weighted by atomic mass is 16.5. The fourth-order valence-electron chi connectivity index (χ4n) is 3.84. The van der Waals surface area contributed by atoms with Gasteiger partial charge in [-0.15, -0.1) is 0 Å². The molecule has 1 aliphatic heterocycles. The van der Waals surface area contributed by atoms with Gasteiger partial charge in [0.15, 0.2) is 11.5 Å². The first-order valence-electron chi connectivity index (χ1n) is 11.5. The van der Waals surface area contributed by atoms with E-state index in [-0.39, 0.29) is 36.2 Å². The van der Waals surface area contributed by atoms with Gasteiger partial charge in [-0.05, 0) is 43.4 Å². The Morgan fingerprint density at radius 1 is 1.24 bits per heavy atom. The summed E-state index contributed by atoms with van der Waals surface area (Å²) in [7, 11) is -1.21. The van der Waals surface area contributed by atoms with Gasteiger partial charge in [-0.2, -0.15) is 0 Å². The van der Waals surface area contributed by atoms with E-state index in [9.17, 15) is 5.11 Å². The number of likely N-dealkylation sites (tertiary alicyclic amines) is 1. The molecule has 1 heterocycles. The quantitative estimate of drug-likeness (QED) is 0.816. The molecule has 140 valence electrons. The van der Waals surface area contributed by atoms with E-state index < -0.39 is 13.6 Å². The molecule has 0 unspecified atom stereocenters. The number of methoxy groups -OCH3 is 2. The van der Waals surface area contributed by atoms with Crippen LogP contribution in [0.15, 0.2) is 18.2 Å². The van der Waals surface area contributed by atoms with E-state index in [2.05, 4.69) is 4.90 Å². The lowest BCUT2D eigenvalue weighted by Crippen LogP contribution is -2.46. The highest BCUT2D eigenvalue weighted by molar-refractivity contribution is 5.42. The summed E-state index contributed by atoms with van der Waals surface area (Å²) in [6, 6.07) is 4.85. The molecule has 0 aromatic heterocycles. The Balaban J connectivity index is 1.70. The van der Waals surface area contributed by atoms with Crippen LogP contribution in [0.2, 0.25) is 0 Å². The molecule has 25 heavy (non-hydrogen) atoms. The van der Waals surface area contributed by atoms with Gasteiger partial charge in [0.05, 0.1) is 39.8 Å². The summed E-state index contributed by atoms with van der Waals surface area (Å²) in [5, 5.41) is 9.87. The van der Waals surface area contributed by atoms with Crippen molar-refractivity contribution in [1.82, 2.24) is 4.90 Å². The van der Waals surface area contributed by atoms with E-state index in [1.54, 1.807) is 12.1 Å². The lowest BCUT2D eigenvalue weighted by atomic mass is 9.91. The Labute approximate surface area is 157 Å². The first kappa shape index (κ1) is 13.0. The molecular formula is C20H31NO4. The normalized spacial score (nSPS) is 31.4. The summed E-state index contributed by atoms with van der Waals surface area (Å²) >= 11 is 0. The lowest BCUT2D eigenvalue weighted by molar-refractivity contribution is -0.0316. The van der Waals surface area contributed by atoms with Crippen molar-refractivity contribution < 1.29 is 26.2 Å². The second-order valence-corrected chi connectivity index (χ2v) is 6.85. The molecule has 0 amide bonds. The van der Waals surface area contributed by atoms with Crippen LogP contribution in [0.5, 0.6) is 11.5 Å². The van der Waals surface area contributed by atoms with Gasteiger partial charge in [-0.25, -0.2) is 0 Å². The smallest absolute Gasteiger partial charge is 0.160 e. The maximum atomic E-state index is 9.87. The third-order valence-electron chi connectivity index (χ3n) is 5.18. The van der Waals surface area contributed by atoms with E-state index >= 15 is 0 Å². The zero-order valence-corrected chi connectivity index (χ0v) is 14.7. The van der Waals surface area contributed by atoms with E-state index in [4.69, 9.17) is 21.1 Å². The molecule has 2 aliphatic rings. The average molecular weight is 355 g/mol. The highest BCUT2D eigenvalue weighted by Gasteiger charge is 2.34. The summed E-state index contributed by atoms with van der Waals surface area (Å²) in [6.07, 6.45) is 3.94. The van der Waals surface area contributed by atoms with Crippen LogP contribution in [0.25, 0.3) is 0 Å². The van der Waals surface area contributed by atoms with Crippen LogP contribution in [0.3, 0.4) is 0 Å². The lowest BCUT2D eigenvalue weighted by Gasteiger charge is -2.37. The summed E-state index contributed by atoms with van der Waals surface area (Å²) < 4.78 is 55.0. The number of aliphatic hydroxyl groups is 1. The highest BCUT2D eigenvalue weighted by Crippen LogP contribution is 2.30. The first-order valence-corrected chi connectivity index (χ1v) is 9.02. The average Bonchev–Trinajstić information content (AvgIpc) is 3.06. The van der Waals surface area contributed by atoms with Crippen molar-refractivity contribution in [3.63, 3.8) is 0 Å². The molecule has 0 bridgehead atoms. The van der Waals surface area contributed by atoms with E-state index in [0.717, 1.165) is 38.6 Å². The van der Waals surface area contributed by atoms with Crippen molar-refractivity contribution in [3.8, 4) is 11.5 Å². The monoisotopic (exact) mass is 354 g/mol. The zero-order valence-electron chi connectivity index (χ0n) is 19.7. The Hall–Kier alpha value is -1.30. The Morgan fingerprint density at radius 2 is 2.12 bits per heavy atom. The fourth-order valence-corrected chi connectivity index (χ4v) is 3.84. The predicted octanol–water partition coefficient (Wildman–Crippen LogP) is 2.64. The van der Waals surface area contributed by atoms with Crippen LogP contribution in [0, 0.1) is 0 Å². The van der Waals surface area contributed by atoms with Crippen LogP contribution in [-0.2, 0) is 11.2 Å². The van der Waals surface area contributed by atoms with Crippen molar-refractivity contribution in [1.29, 1.82) is 0 Å². The van der Waals surface area contributed by atoms with E-state index in [1.165, 1.54) is 13.2 Å². The maximum Gasteiger partial charge on any atom is 0.160 e. The van der Waals surface area contributed by atoms with E-state index in [1.807, 2.05) is 0 Å². The third-order valence-corrected chi connectivity index (χ3v) is 5.18. The summed E-state index contributed by atoms with van der Waals surface area (Å²) in [6.45, 7) is -0.505. The largest absolute Gasteiger partial charge is 0.493 e. The SMILES string of the molecule is [2H]C([2H])([2H])Oc1cc(CC([2H])([2H])O[C@@H]2CCCC[C@H]2N2CC[C@@H](O)C2)ccc1OC. The van der Waals surface area contributed by atoms with Gasteiger partial charge in [-0.3, -0.25) is 4.90 Å². The van der Waals surface area contributed by atoms with E-state index in [0.29, 0.717) is 12.1 Å². The number of ether oxygens (including phenoxy) is 3. The van der Waals surface area contributed by atoms with Gasteiger partial charge in [0.25, 0.3) is 0 Å². The number of nitrogens with zero attached hydrogens (tertiary/aromatic N) is 1.